The van der Waals surface area contributed by atoms with Crippen LogP contribution in [0.5, 0.6) is 0 Å². The summed E-state index contributed by atoms with van der Waals surface area (Å²) in [5.74, 6) is 0. The normalized spacial score (nSPS) is 10.5. The molecule has 0 spiro atoms. The molecule has 10 heavy (non-hydrogen) atoms. The fourth-order valence-electron chi connectivity index (χ4n) is 0.835. The van der Waals surface area contributed by atoms with E-state index in [1.165, 1.54) is 11.5 Å². The number of hydrogen-bond acceptors (Lipinski definition) is 2. The highest BCUT2D eigenvalue weighted by molar-refractivity contribution is 7.04. The standard InChI is InChI=1S/C7H4ClNS/c8-6-2-1-5-4-10-9-7(5)3-6/h1-4H. The zero-order valence-electron chi connectivity index (χ0n) is 5.04. The molecule has 1 aromatic heterocycles. The van der Waals surface area contributed by atoms with E-state index in [4.69, 9.17) is 11.6 Å². The molecule has 0 radical (unpaired) electrons. The van der Waals surface area contributed by atoms with Crippen molar-refractivity contribution in [1.82, 2.24) is 4.37 Å². The van der Waals surface area contributed by atoms with Gasteiger partial charge in [0.2, 0.25) is 0 Å². The minimum atomic E-state index is 0.749. The molecule has 0 N–H and O–H groups in total. The average Bonchev–Trinajstić information content (AvgIpc) is 2.33. The van der Waals surface area contributed by atoms with Gasteiger partial charge in [-0.1, -0.05) is 17.7 Å². The van der Waals surface area contributed by atoms with Gasteiger partial charge >= 0.3 is 0 Å². The molecular weight excluding hydrogens is 166 g/mol. The fraction of sp³-hybridized carbons (Fsp3) is 0. The molecule has 0 amide bonds. The molecule has 0 atom stereocenters. The molecule has 1 nitrogen and oxygen atoms in total. The lowest BCUT2D eigenvalue weighted by Crippen LogP contribution is -1.65. The Kier molecular flexibility index (Phi) is 1.36. The number of hydrogen-bond donors (Lipinski definition) is 0. The van der Waals surface area contributed by atoms with E-state index in [0.29, 0.717) is 0 Å². The van der Waals surface area contributed by atoms with Gasteiger partial charge in [0.05, 0.1) is 5.52 Å². The van der Waals surface area contributed by atoms with Gasteiger partial charge in [-0.05, 0) is 23.7 Å². The quantitative estimate of drug-likeness (QED) is 0.591. The summed E-state index contributed by atoms with van der Waals surface area (Å²) in [5, 5.41) is 3.92. The molecule has 2 aromatic rings. The van der Waals surface area contributed by atoms with Gasteiger partial charge in [-0.3, -0.25) is 0 Å². The summed E-state index contributed by atoms with van der Waals surface area (Å²) in [5.41, 5.74) is 0.984. The van der Waals surface area contributed by atoms with Crippen molar-refractivity contribution in [2.45, 2.75) is 0 Å². The largest absolute Gasteiger partial charge is 0.193 e. The van der Waals surface area contributed by atoms with Gasteiger partial charge in [0.25, 0.3) is 0 Å². The summed E-state index contributed by atoms with van der Waals surface area (Å²) in [4.78, 5) is 0. The first-order chi connectivity index (χ1) is 4.86. The molecule has 0 bridgehead atoms. The highest BCUT2D eigenvalue weighted by atomic mass is 35.5. The first-order valence-electron chi connectivity index (χ1n) is 2.86. The van der Waals surface area contributed by atoms with Crippen LogP contribution in [-0.4, -0.2) is 4.37 Å². The van der Waals surface area contributed by atoms with E-state index in [-0.39, 0.29) is 0 Å². The Morgan fingerprint density at radius 2 is 2.30 bits per heavy atom. The van der Waals surface area contributed by atoms with E-state index in [0.717, 1.165) is 15.9 Å². The Hall–Kier alpha value is -0.600. The van der Waals surface area contributed by atoms with Crippen molar-refractivity contribution in [1.29, 1.82) is 0 Å². The Morgan fingerprint density at radius 1 is 1.40 bits per heavy atom. The van der Waals surface area contributed by atoms with Gasteiger partial charge in [-0.2, -0.15) is 4.37 Å². The van der Waals surface area contributed by atoms with E-state index < -0.39 is 0 Å². The number of benzene rings is 1. The molecule has 1 aromatic carbocycles. The van der Waals surface area contributed by atoms with Crippen LogP contribution in [0.2, 0.25) is 5.02 Å². The lowest BCUT2D eigenvalue weighted by molar-refractivity contribution is 1.66. The second-order valence-corrected chi connectivity index (χ2v) is 3.08. The van der Waals surface area contributed by atoms with Crippen LogP contribution in [0.25, 0.3) is 10.9 Å². The Morgan fingerprint density at radius 3 is 3.20 bits per heavy atom. The summed E-state index contributed by atoms with van der Waals surface area (Å²) in [7, 11) is 0. The van der Waals surface area contributed by atoms with E-state index in [1.54, 1.807) is 0 Å². The van der Waals surface area contributed by atoms with Crippen molar-refractivity contribution in [2.24, 2.45) is 0 Å². The zero-order chi connectivity index (χ0) is 6.97. The number of nitrogens with zero attached hydrogens (tertiary/aromatic N) is 1. The Labute approximate surface area is 67.4 Å². The highest BCUT2D eigenvalue weighted by Gasteiger charge is 1.94. The molecule has 3 heteroatoms. The van der Waals surface area contributed by atoms with Crippen LogP contribution in [0.1, 0.15) is 0 Å². The molecular formula is C7H4ClNS. The maximum atomic E-state index is 5.74. The van der Waals surface area contributed by atoms with Gasteiger partial charge in [0.1, 0.15) is 0 Å². The Bertz CT molecular complexity index is 355. The molecule has 0 fully saturated rings. The van der Waals surface area contributed by atoms with Crippen molar-refractivity contribution in [2.75, 3.05) is 0 Å². The third kappa shape index (κ3) is 0.895. The zero-order valence-corrected chi connectivity index (χ0v) is 6.62. The predicted molar refractivity (Wildman–Crippen MR) is 44.6 cm³/mol. The average molecular weight is 170 g/mol. The van der Waals surface area contributed by atoms with Gasteiger partial charge in [0, 0.05) is 15.8 Å². The molecule has 0 aliphatic rings. The third-order valence-corrected chi connectivity index (χ3v) is 2.22. The number of halogens is 1. The van der Waals surface area contributed by atoms with Crippen LogP contribution >= 0.6 is 23.1 Å². The summed E-state index contributed by atoms with van der Waals surface area (Å²) in [6, 6.07) is 5.72. The van der Waals surface area contributed by atoms with Crippen molar-refractivity contribution in [3.05, 3.63) is 28.6 Å². The number of aromatic nitrogens is 1. The summed E-state index contributed by atoms with van der Waals surface area (Å²) in [6.45, 7) is 0. The lowest BCUT2D eigenvalue weighted by atomic mass is 10.3. The second-order valence-electron chi connectivity index (χ2n) is 2.02. The van der Waals surface area contributed by atoms with Gasteiger partial charge in [0.15, 0.2) is 0 Å². The molecule has 0 unspecified atom stereocenters. The van der Waals surface area contributed by atoms with Crippen LogP contribution in [0.15, 0.2) is 23.6 Å². The first-order valence-corrected chi connectivity index (χ1v) is 4.07. The van der Waals surface area contributed by atoms with Crippen LogP contribution in [0.4, 0.5) is 0 Å². The summed E-state index contributed by atoms with van der Waals surface area (Å²) >= 11 is 7.19. The van der Waals surface area contributed by atoms with Gasteiger partial charge in [-0.25, -0.2) is 0 Å². The molecule has 0 saturated heterocycles. The van der Waals surface area contributed by atoms with E-state index >= 15 is 0 Å². The molecule has 0 aliphatic heterocycles. The number of fused-ring (bicyclic) bond motifs is 1. The van der Waals surface area contributed by atoms with Gasteiger partial charge < -0.3 is 0 Å². The molecule has 0 aliphatic carbocycles. The topological polar surface area (TPSA) is 12.9 Å². The van der Waals surface area contributed by atoms with Crippen molar-refractivity contribution >= 4 is 34.0 Å². The van der Waals surface area contributed by atoms with E-state index in [2.05, 4.69) is 4.37 Å². The fourth-order valence-corrected chi connectivity index (χ4v) is 1.64. The third-order valence-electron chi connectivity index (χ3n) is 1.32. The predicted octanol–water partition coefficient (Wildman–Crippen LogP) is 2.95. The second kappa shape index (κ2) is 2.22. The van der Waals surface area contributed by atoms with Crippen LogP contribution in [0.3, 0.4) is 0 Å². The summed E-state index contributed by atoms with van der Waals surface area (Å²) in [6.07, 6.45) is 0. The van der Waals surface area contributed by atoms with Crippen molar-refractivity contribution in [3.8, 4) is 0 Å². The SMILES string of the molecule is Clc1ccc2csnc2c1. The molecule has 0 saturated carbocycles. The van der Waals surface area contributed by atoms with Crippen molar-refractivity contribution < 1.29 is 0 Å². The van der Waals surface area contributed by atoms with Crippen LogP contribution < -0.4 is 0 Å². The van der Waals surface area contributed by atoms with Crippen molar-refractivity contribution in [3.63, 3.8) is 0 Å². The smallest absolute Gasteiger partial charge is 0.0855 e. The van der Waals surface area contributed by atoms with E-state index in [9.17, 15) is 0 Å². The lowest BCUT2D eigenvalue weighted by Gasteiger charge is -1.86. The minimum Gasteiger partial charge on any atom is -0.193 e. The molecule has 1 heterocycles. The highest BCUT2D eigenvalue weighted by Crippen LogP contribution is 2.19. The maximum Gasteiger partial charge on any atom is 0.0855 e. The van der Waals surface area contributed by atoms with Gasteiger partial charge in [-0.15, -0.1) is 0 Å². The summed E-state index contributed by atoms with van der Waals surface area (Å²) < 4.78 is 4.14. The first kappa shape index (κ1) is 6.13. The maximum absolute atomic E-state index is 5.74. The molecule has 50 valence electrons. The van der Waals surface area contributed by atoms with Crippen LogP contribution in [0, 0.1) is 0 Å². The van der Waals surface area contributed by atoms with Crippen LogP contribution in [-0.2, 0) is 0 Å². The number of rotatable bonds is 0. The monoisotopic (exact) mass is 169 g/mol. The minimum absolute atomic E-state index is 0.749. The Balaban J connectivity index is 2.86. The molecule has 2 rings (SSSR count). The van der Waals surface area contributed by atoms with E-state index in [1.807, 2.05) is 23.6 Å².